The lowest BCUT2D eigenvalue weighted by Crippen LogP contribution is -2.23. The topological polar surface area (TPSA) is 29.5 Å². The quantitative estimate of drug-likeness (QED) is 0.780. The van der Waals surface area contributed by atoms with Crippen molar-refractivity contribution >= 4 is 0 Å². The van der Waals surface area contributed by atoms with E-state index in [0.717, 1.165) is 12.8 Å². The predicted molar refractivity (Wildman–Crippen MR) is 55.3 cm³/mol. The molecule has 0 bridgehead atoms. The average molecular weight is 192 g/mol. The van der Waals surface area contributed by atoms with Gasteiger partial charge in [0.05, 0.1) is 5.60 Å². The van der Waals surface area contributed by atoms with Crippen molar-refractivity contribution in [2.45, 2.75) is 31.3 Å². The Labute approximate surface area is 84.5 Å². The standard InChI is InChI=1S/C12H16O2/c1-14-12(8-2-3-9-12)10-4-6-11(13)7-5-10/h4-7,13H,2-3,8-9H2,1H3. The molecule has 76 valence electrons. The number of rotatable bonds is 2. The number of ether oxygens (including phenoxy) is 1. The van der Waals surface area contributed by atoms with Crippen molar-refractivity contribution in [3.63, 3.8) is 0 Å². The molecule has 1 saturated carbocycles. The number of hydrogen-bond donors (Lipinski definition) is 1. The zero-order valence-corrected chi connectivity index (χ0v) is 8.49. The van der Waals surface area contributed by atoms with E-state index < -0.39 is 0 Å². The third kappa shape index (κ3) is 1.50. The van der Waals surface area contributed by atoms with Gasteiger partial charge in [-0.15, -0.1) is 0 Å². The lowest BCUT2D eigenvalue weighted by molar-refractivity contribution is -0.00872. The number of aromatic hydroxyl groups is 1. The van der Waals surface area contributed by atoms with Crippen LogP contribution in [0.4, 0.5) is 0 Å². The van der Waals surface area contributed by atoms with Crippen molar-refractivity contribution in [1.29, 1.82) is 0 Å². The molecule has 0 radical (unpaired) electrons. The van der Waals surface area contributed by atoms with E-state index >= 15 is 0 Å². The summed E-state index contributed by atoms with van der Waals surface area (Å²) < 4.78 is 5.64. The van der Waals surface area contributed by atoms with Crippen molar-refractivity contribution in [3.8, 4) is 5.75 Å². The van der Waals surface area contributed by atoms with E-state index in [1.165, 1.54) is 18.4 Å². The molecule has 0 saturated heterocycles. The molecule has 0 spiro atoms. The van der Waals surface area contributed by atoms with Gasteiger partial charge >= 0.3 is 0 Å². The van der Waals surface area contributed by atoms with E-state index in [9.17, 15) is 5.11 Å². The number of phenols is 1. The normalized spacial score (nSPS) is 19.8. The summed E-state index contributed by atoms with van der Waals surface area (Å²) in [6, 6.07) is 7.39. The number of methoxy groups -OCH3 is 1. The maximum Gasteiger partial charge on any atom is 0.115 e. The maximum atomic E-state index is 9.22. The molecule has 1 N–H and O–H groups in total. The highest BCUT2D eigenvalue weighted by Crippen LogP contribution is 2.41. The first-order valence-electron chi connectivity index (χ1n) is 5.11. The third-order valence-corrected chi connectivity index (χ3v) is 3.20. The molecule has 0 aliphatic heterocycles. The first kappa shape index (κ1) is 9.53. The lowest BCUT2D eigenvalue weighted by Gasteiger charge is -2.27. The minimum Gasteiger partial charge on any atom is -0.508 e. The summed E-state index contributed by atoms with van der Waals surface area (Å²) in [5.41, 5.74) is 1.10. The summed E-state index contributed by atoms with van der Waals surface area (Å²) in [6.07, 6.45) is 4.64. The first-order chi connectivity index (χ1) is 6.77. The molecule has 2 heteroatoms. The Balaban J connectivity index is 2.31. The summed E-state index contributed by atoms with van der Waals surface area (Å²) in [4.78, 5) is 0. The van der Waals surface area contributed by atoms with Gasteiger partial charge in [0.1, 0.15) is 5.75 Å². The van der Waals surface area contributed by atoms with Crippen LogP contribution in [0.15, 0.2) is 24.3 Å². The van der Waals surface area contributed by atoms with Gasteiger partial charge in [0, 0.05) is 7.11 Å². The second kappa shape index (κ2) is 3.62. The first-order valence-corrected chi connectivity index (χ1v) is 5.11. The van der Waals surface area contributed by atoms with E-state index in [2.05, 4.69) is 0 Å². The van der Waals surface area contributed by atoms with Crippen LogP contribution >= 0.6 is 0 Å². The van der Waals surface area contributed by atoms with Crippen molar-refractivity contribution < 1.29 is 9.84 Å². The third-order valence-electron chi connectivity index (χ3n) is 3.20. The van der Waals surface area contributed by atoms with Crippen molar-refractivity contribution in [3.05, 3.63) is 29.8 Å². The molecule has 0 amide bonds. The van der Waals surface area contributed by atoms with Gasteiger partial charge in [0.2, 0.25) is 0 Å². The van der Waals surface area contributed by atoms with Gasteiger partial charge in [-0.1, -0.05) is 25.0 Å². The van der Waals surface area contributed by atoms with E-state index in [1.807, 2.05) is 12.1 Å². The highest BCUT2D eigenvalue weighted by molar-refractivity contribution is 5.30. The van der Waals surface area contributed by atoms with Crippen LogP contribution in [-0.2, 0) is 10.3 Å². The summed E-state index contributed by atoms with van der Waals surface area (Å²) in [5.74, 6) is 0.318. The Kier molecular flexibility index (Phi) is 2.46. The van der Waals surface area contributed by atoms with E-state index in [0.29, 0.717) is 5.75 Å². The molecule has 1 aromatic rings. The second-order valence-corrected chi connectivity index (χ2v) is 3.95. The molecule has 1 aromatic carbocycles. The minimum absolute atomic E-state index is 0.0896. The van der Waals surface area contributed by atoms with Crippen molar-refractivity contribution in [2.24, 2.45) is 0 Å². The molecule has 2 nitrogen and oxygen atoms in total. The van der Waals surface area contributed by atoms with Crippen molar-refractivity contribution in [1.82, 2.24) is 0 Å². The van der Waals surface area contributed by atoms with Gasteiger partial charge in [0.15, 0.2) is 0 Å². The van der Waals surface area contributed by atoms with Crippen LogP contribution in [0.3, 0.4) is 0 Å². The Morgan fingerprint density at radius 1 is 1.14 bits per heavy atom. The van der Waals surface area contributed by atoms with Gasteiger partial charge in [-0.3, -0.25) is 0 Å². The molecule has 1 aliphatic rings. The smallest absolute Gasteiger partial charge is 0.115 e. The Morgan fingerprint density at radius 2 is 1.71 bits per heavy atom. The molecule has 0 atom stereocenters. The monoisotopic (exact) mass is 192 g/mol. The number of hydrogen-bond acceptors (Lipinski definition) is 2. The van der Waals surface area contributed by atoms with Crippen LogP contribution < -0.4 is 0 Å². The summed E-state index contributed by atoms with van der Waals surface area (Å²) in [5, 5.41) is 9.22. The molecule has 0 unspecified atom stereocenters. The summed E-state index contributed by atoms with van der Waals surface area (Å²) in [7, 11) is 1.78. The van der Waals surface area contributed by atoms with E-state index in [-0.39, 0.29) is 5.60 Å². The van der Waals surface area contributed by atoms with E-state index in [4.69, 9.17) is 4.74 Å². The zero-order chi connectivity index (χ0) is 10.0. The van der Waals surface area contributed by atoms with Gasteiger partial charge in [-0.2, -0.15) is 0 Å². The fourth-order valence-electron chi connectivity index (χ4n) is 2.32. The number of phenolic OH excluding ortho intramolecular Hbond substituents is 1. The minimum atomic E-state index is -0.0896. The van der Waals surface area contributed by atoms with Crippen LogP contribution in [0.5, 0.6) is 5.75 Å². The number of benzene rings is 1. The highest BCUT2D eigenvalue weighted by Gasteiger charge is 2.35. The zero-order valence-electron chi connectivity index (χ0n) is 8.49. The van der Waals surface area contributed by atoms with Crippen molar-refractivity contribution in [2.75, 3.05) is 7.11 Å². The van der Waals surface area contributed by atoms with Crippen LogP contribution in [0.1, 0.15) is 31.2 Å². The predicted octanol–water partition coefficient (Wildman–Crippen LogP) is 2.81. The van der Waals surface area contributed by atoms with Gasteiger partial charge in [-0.25, -0.2) is 0 Å². The van der Waals surface area contributed by atoms with E-state index in [1.54, 1.807) is 19.2 Å². The Morgan fingerprint density at radius 3 is 2.21 bits per heavy atom. The van der Waals surface area contributed by atoms with Crippen LogP contribution in [0.2, 0.25) is 0 Å². The van der Waals surface area contributed by atoms with Crippen LogP contribution in [-0.4, -0.2) is 12.2 Å². The Hall–Kier alpha value is -1.02. The summed E-state index contributed by atoms with van der Waals surface area (Å²) in [6.45, 7) is 0. The van der Waals surface area contributed by atoms with Gasteiger partial charge < -0.3 is 9.84 Å². The molecule has 0 aromatic heterocycles. The largest absolute Gasteiger partial charge is 0.508 e. The molecular weight excluding hydrogens is 176 g/mol. The average Bonchev–Trinajstić information content (AvgIpc) is 2.68. The van der Waals surface area contributed by atoms with Crippen LogP contribution in [0, 0.1) is 0 Å². The SMILES string of the molecule is COC1(c2ccc(O)cc2)CCCC1. The lowest BCUT2D eigenvalue weighted by atomic mass is 9.92. The second-order valence-electron chi connectivity index (χ2n) is 3.95. The molecule has 2 rings (SSSR count). The molecule has 14 heavy (non-hydrogen) atoms. The van der Waals surface area contributed by atoms with Gasteiger partial charge in [-0.05, 0) is 30.5 Å². The molecular formula is C12H16O2. The molecule has 1 fully saturated rings. The van der Waals surface area contributed by atoms with Crippen LogP contribution in [0.25, 0.3) is 0 Å². The van der Waals surface area contributed by atoms with Gasteiger partial charge in [0.25, 0.3) is 0 Å². The fraction of sp³-hybridized carbons (Fsp3) is 0.500. The summed E-state index contributed by atoms with van der Waals surface area (Å²) >= 11 is 0. The molecule has 1 aliphatic carbocycles. The fourth-order valence-corrected chi connectivity index (χ4v) is 2.32. The highest BCUT2D eigenvalue weighted by atomic mass is 16.5. The Bertz CT molecular complexity index is 297. The maximum absolute atomic E-state index is 9.22. The molecule has 0 heterocycles.